The Bertz CT molecular complexity index is 148. The van der Waals surface area contributed by atoms with Crippen molar-refractivity contribution in [2.45, 2.75) is 50.9 Å². The molecular formula is C10H21NO2. The SMILES string of the molecule is COC1CCC(O)CC1CC(C)N. The highest BCUT2D eigenvalue weighted by atomic mass is 16.5. The molecule has 78 valence electrons. The minimum Gasteiger partial charge on any atom is -0.393 e. The van der Waals surface area contributed by atoms with Crippen molar-refractivity contribution in [1.82, 2.24) is 0 Å². The van der Waals surface area contributed by atoms with Crippen LogP contribution in [0.4, 0.5) is 0 Å². The summed E-state index contributed by atoms with van der Waals surface area (Å²) in [6.45, 7) is 2.01. The van der Waals surface area contributed by atoms with Crippen molar-refractivity contribution in [2.24, 2.45) is 11.7 Å². The Morgan fingerprint density at radius 2 is 2.23 bits per heavy atom. The van der Waals surface area contributed by atoms with Gasteiger partial charge in [0.1, 0.15) is 0 Å². The number of methoxy groups -OCH3 is 1. The van der Waals surface area contributed by atoms with E-state index in [1.807, 2.05) is 6.92 Å². The highest BCUT2D eigenvalue weighted by Crippen LogP contribution is 2.29. The van der Waals surface area contributed by atoms with E-state index >= 15 is 0 Å². The molecule has 1 fully saturated rings. The molecule has 1 rings (SSSR count). The average molecular weight is 187 g/mol. The van der Waals surface area contributed by atoms with Crippen molar-refractivity contribution in [1.29, 1.82) is 0 Å². The van der Waals surface area contributed by atoms with E-state index in [0.717, 1.165) is 25.7 Å². The first-order chi connectivity index (χ1) is 6.13. The zero-order valence-corrected chi connectivity index (χ0v) is 8.57. The van der Waals surface area contributed by atoms with Crippen molar-refractivity contribution >= 4 is 0 Å². The van der Waals surface area contributed by atoms with Crippen molar-refractivity contribution in [3.63, 3.8) is 0 Å². The summed E-state index contributed by atoms with van der Waals surface area (Å²) in [6, 6.07) is 0.202. The van der Waals surface area contributed by atoms with Crippen LogP contribution >= 0.6 is 0 Å². The highest BCUT2D eigenvalue weighted by molar-refractivity contribution is 4.82. The van der Waals surface area contributed by atoms with Gasteiger partial charge in [-0.25, -0.2) is 0 Å². The second-order valence-electron chi connectivity index (χ2n) is 4.21. The molecule has 0 aromatic carbocycles. The molecule has 13 heavy (non-hydrogen) atoms. The molecule has 0 aromatic heterocycles. The van der Waals surface area contributed by atoms with Gasteiger partial charge < -0.3 is 15.6 Å². The van der Waals surface area contributed by atoms with Crippen molar-refractivity contribution in [3.8, 4) is 0 Å². The van der Waals surface area contributed by atoms with Crippen LogP contribution in [0.3, 0.4) is 0 Å². The van der Waals surface area contributed by atoms with Crippen LogP contribution in [0.1, 0.15) is 32.6 Å². The van der Waals surface area contributed by atoms with Crippen LogP contribution in [0.5, 0.6) is 0 Å². The molecule has 1 saturated carbocycles. The van der Waals surface area contributed by atoms with Crippen LogP contribution in [-0.4, -0.2) is 30.5 Å². The van der Waals surface area contributed by atoms with Crippen LogP contribution in [0.15, 0.2) is 0 Å². The van der Waals surface area contributed by atoms with Crippen LogP contribution in [0, 0.1) is 5.92 Å². The predicted octanol–water partition coefficient (Wildman–Crippen LogP) is 0.900. The molecule has 3 heteroatoms. The Morgan fingerprint density at radius 3 is 2.77 bits per heavy atom. The van der Waals surface area contributed by atoms with Crippen molar-refractivity contribution in [2.75, 3.05) is 7.11 Å². The van der Waals surface area contributed by atoms with Gasteiger partial charge in [0.25, 0.3) is 0 Å². The molecule has 0 heterocycles. The van der Waals surface area contributed by atoms with Gasteiger partial charge in [-0.2, -0.15) is 0 Å². The van der Waals surface area contributed by atoms with Gasteiger partial charge in [-0.1, -0.05) is 0 Å². The summed E-state index contributed by atoms with van der Waals surface area (Å²) < 4.78 is 5.39. The summed E-state index contributed by atoms with van der Waals surface area (Å²) >= 11 is 0. The molecule has 0 saturated heterocycles. The number of aliphatic hydroxyl groups excluding tert-OH is 1. The lowest BCUT2D eigenvalue weighted by molar-refractivity contribution is -0.0238. The summed E-state index contributed by atoms with van der Waals surface area (Å²) in [7, 11) is 1.75. The van der Waals surface area contributed by atoms with Gasteiger partial charge in [-0.15, -0.1) is 0 Å². The summed E-state index contributed by atoms with van der Waals surface area (Å²) in [6.07, 6.45) is 3.79. The standard InChI is InChI=1S/C10H21NO2/c1-7(11)5-8-6-9(12)3-4-10(8)13-2/h7-10,12H,3-6,11H2,1-2H3. The van der Waals surface area contributed by atoms with E-state index in [9.17, 15) is 5.11 Å². The Labute approximate surface area is 80.3 Å². The molecule has 0 bridgehead atoms. The summed E-state index contributed by atoms with van der Waals surface area (Å²) in [5.41, 5.74) is 5.75. The van der Waals surface area contributed by atoms with Crippen LogP contribution in [-0.2, 0) is 4.74 Å². The van der Waals surface area contributed by atoms with Crippen molar-refractivity contribution in [3.05, 3.63) is 0 Å². The van der Waals surface area contributed by atoms with Gasteiger partial charge in [-0.05, 0) is 38.5 Å². The fourth-order valence-corrected chi connectivity index (χ4v) is 2.25. The number of aliphatic hydroxyl groups is 1. The lowest BCUT2D eigenvalue weighted by atomic mass is 9.81. The molecule has 0 radical (unpaired) electrons. The smallest absolute Gasteiger partial charge is 0.0602 e. The van der Waals surface area contributed by atoms with Gasteiger partial charge in [0.2, 0.25) is 0 Å². The maximum Gasteiger partial charge on any atom is 0.0602 e. The average Bonchev–Trinajstić information content (AvgIpc) is 2.03. The number of hydrogen-bond donors (Lipinski definition) is 2. The van der Waals surface area contributed by atoms with Gasteiger partial charge in [0, 0.05) is 13.2 Å². The molecule has 4 unspecified atom stereocenters. The van der Waals surface area contributed by atoms with E-state index in [1.54, 1.807) is 7.11 Å². The third-order valence-corrected chi connectivity index (χ3v) is 2.86. The maximum absolute atomic E-state index is 9.51. The van der Waals surface area contributed by atoms with Crippen LogP contribution in [0.2, 0.25) is 0 Å². The van der Waals surface area contributed by atoms with Gasteiger partial charge in [0.05, 0.1) is 12.2 Å². The summed E-state index contributed by atoms with van der Waals surface area (Å²) in [4.78, 5) is 0. The second kappa shape index (κ2) is 4.94. The molecule has 0 spiro atoms. The lowest BCUT2D eigenvalue weighted by Crippen LogP contribution is -2.36. The van der Waals surface area contributed by atoms with Crippen molar-refractivity contribution < 1.29 is 9.84 Å². The Hall–Kier alpha value is -0.120. The molecule has 0 amide bonds. The predicted molar refractivity (Wildman–Crippen MR) is 52.4 cm³/mol. The fourth-order valence-electron chi connectivity index (χ4n) is 2.25. The summed E-state index contributed by atoms with van der Waals surface area (Å²) in [5, 5.41) is 9.51. The third-order valence-electron chi connectivity index (χ3n) is 2.86. The number of ether oxygens (including phenoxy) is 1. The normalized spacial score (nSPS) is 37.4. The zero-order chi connectivity index (χ0) is 9.84. The molecule has 1 aliphatic rings. The quantitative estimate of drug-likeness (QED) is 0.690. The van der Waals surface area contributed by atoms with E-state index in [2.05, 4.69) is 0 Å². The lowest BCUT2D eigenvalue weighted by Gasteiger charge is -2.34. The number of rotatable bonds is 3. The van der Waals surface area contributed by atoms with Crippen LogP contribution in [0.25, 0.3) is 0 Å². The minimum absolute atomic E-state index is 0.143. The first kappa shape index (κ1) is 11.0. The molecule has 1 aliphatic carbocycles. The molecule has 0 aromatic rings. The molecule has 4 atom stereocenters. The largest absolute Gasteiger partial charge is 0.393 e. The molecule has 3 nitrogen and oxygen atoms in total. The van der Waals surface area contributed by atoms with Crippen LogP contribution < -0.4 is 5.73 Å². The Kier molecular flexibility index (Phi) is 4.16. The van der Waals surface area contributed by atoms with Gasteiger partial charge >= 0.3 is 0 Å². The van der Waals surface area contributed by atoms with E-state index in [4.69, 9.17) is 10.5 Å². The van der Waals surface area contributed by atoms with E-state index in [0.29, 0.717) is 12.0 Å². The maximum atomic E-state index is 9.51. The molecular weight excluding hydrogens is 166 g/mol. The van der Waals surface area contributed by atoms with Gasteiger partial charge in [-0.3, -0.25) is 0 Å². The highest BCUT2D eigenvalue weighted by Gasteiger charge is 2.29. The minimum atomic E-state index is -0.143. The molecule has 0 aliphatic heterocycles. The Morgan fingerprint density at radius 1 is 1.54 bits per heavy atom. The van der Waals surface area contributed by atoms with E-state index < -0.39 is 0 Å². The molecule has 3 N–H and O–H groups in total. The number of hydrogen-bond acceptors (Lipinski definition) is 3. The third kappa shape index (κ3) is 3.25. The first-order valence-corrected chi connectivity index (χ1v) is 5.10. The topological polar surface area (TPSA) is 55.5 Å². The number of nitrogens with two attached hydrogens (primary N) is 1. The zero-order valence-electron chi connectivity index (χ0n) is 8.57. The second-order valence-corrected chi connectivity index (χ2v) is 4.21. The summed E-state index contributed by atoms with van der Waals surface area (Å²) in [5.74, 6) is 0.439. The van der Waals surface area contributed by atoms with Gasteiger partial charge in [0.15, 0.2) is 0 Å². The van der Waals surface area contributed by atoms with E-state index in [-0.39, 0.29) is 12.1 Å². The monoisotopic (exact) mass is 187 g/mol. The van der Waals surface area contributed by atoms with E-state index in [1.165, 1.54) is 0 Å². The fraction of sp³-hybridized carbons (Fsp3) is 1.00. The first-order valence-electron chi connectivity index (χ1n) is 5.10. The Balaban J connectivity index is 2.44.